The largest absolute Gasteiger partial charge is 0.369 e. The zero-order chi connectivity index (χ0) is 17.2. The first-order valence-electron chi connectivity index (χ1n) is 8.48. The molecule has 25 heavy (non-hydrogen) atoms. The Morgan fingerprint density at radius 2 is 2.28 bits per heavy atom. The van der Waals surface area contributed by atoms with Gasteiger partial charge in [0.15, 0.2) is 0 Å². The number of pyridine rings is 1. The number of ether oxygens (including phenoxy) is 1. The summed E-state index contributed by atoms with van der Waals surface area (Å²) in [6.07, 6.45) is 5.71. The highest BCUT2D eigenvalue weighted by atomic mass is 16.5. The Hall–Kier alpha value is -2.51. The van der Waals surface area contributed by atoms with E-state index in [1.54, 1.807) is 6.20 Å². The van der Waals surface area contributed by atoms with Crippen molar-refractivity contribution in [2.45, 2.75) is 19.6 Å². The van der Waals surface area contributed by atoms with E-state index in [-0.39, 0.29) is 6.10 Å². The van der Waals surface area contributed by atoms with E-state index >= 15 is 0 Å². The van der Waals surface area contributed by atoms with Crippen LogP contribution in [0.25, 0.3) is 11.3 Å². The number of hydrogen-bond donors (Lipinski definition) is 1. The van der Waals surface area contributed by atoms with E-state index < -0.39 is 0 Å². The van der Waals surface area contributed by atoms with Crippen molar-refractivity contribution in [3.63, 3.8) is 0 Å². The van der Waals surface area contributed by atoms with Crippen molar-refractivity contribution in [2.75, 3.05) is 19.7 Å². The molecule has 0 aliphatic carbocycles. The van der Waals surface area contributed by atoms with Gasteiger partial charge in [-0.15, -0.1) is 0 Å². The molecule has 130 valence electrons. The van der Waals surface area contributed by atoms with Crippen LogP contribution in [0.1, 0.15) is 23.1 Å². The maximum absolute atomic E-state index is 5.99. The summed E-state index contributed by atoms with van der Waals surface area (Å²) < 4.78 is 7.86. The van der Waals surface area contributed by atoms with Crippen molar-refractivity contribution < 1.29 is 4.74 Å². The monoisotopic (exact) mass is 338 g/mol. The van der Waals surface area contributed by atoms with Crippen LogP contribution in [0.2, 0.25) is 0 Å². The van der Waals surface area contributed by atoms with Crippen LogP contribution in [0, 0.1) is 6.92 Å². The van der Waals surface area contributed by atoms with Crippen molar-refractivity contribution >= 4 is 0 Å². The lowest BCUT2D eigenvalue weighted by Crippen LogP contribution is -2.38. The fraction of sp³-hybridized carbons (Fsp3) is 0.389. The minimum Gasteiger partial charge on any atom is -0.369 e. The standard InChI is InChI=1S/C18H22N6O/c1-13-15(10-23(2)22-13)11-24-6-7-25-18(12-24)17-5-3-4-16(21-17)14-8-19-20-9-14/h3-5,8-10,18H,6-7,11-12H2,1-2H3,(H,19,20)/t18-/m0/s1. The fourth-order valence-corrected chi connectivity index (χ4v) is 3.25. The molecule has 4 rings (SSSR count). The van der Waals surface area contributed by atoms with Gasteiger partial charge in [0.25, 0.3) is 0 Å². The van der Waals surface area contributed by atoms with Gasteiger partial charge in [-0.25, -0.2) is 4.98 Å². The van der Waals surface area contributed by atoms with Crippen molar-refractivity contribution in [3.05, 3.63) is 53.7 Å². The van der Waals surface area contributed by atoms with Gasteiger partial charge in [-0.2, -0.15) is 10.2 Å². The topological polar surface area (TPSA) is 71.9 Å². The third kappa shape index (κ3) is 3.47. The molecule has 3 aromatic rings. The fourth-order valence-electron chi connectivity index (χ4n) is 3.25. The molecule has 0 bridgehead atoms. The summed E-state index contributed by atoms with van der Waals surface area (Å²) in [5, 5.41) is 11.3. The molecule has 0 spiro atoms. The molecule has 1 saturated heterocycles. The summed E-state index contributed by atoms with van der Waals surface area (Å²) in [5.41, 5.74) is 5.22. The molecule has 7 heteroatoms. The number of nitrogens with one attached hydrogen (secondary N) is 1. The normalized spacial score (nSPS) is 18.6. The number of rotatable bonds is 4. The SMILES string of the molecule is Cc1nn(C)cc1CN1CCO[C@H](c2cccc(-c3cn[nH]c3)n2)C1. The summed E-state index contributed by atoms with van der Waals surface area (Å²) in [7, 11) is 1.96. The van der Waals surface area contributed by atoms with Crippen molar-refractivity contribution in [3.8, 4) is 11.3 Å². The highest BCUT2D eigenvalue weighted by molar-refractivity contribution is 5.56. The molecule has 1 fully saturated rings. The summed E-state index contributed by atoms with van der Waals surface area (Å²) in [6.45, 7) is 5.41. The lowest BCUT2D eigenvalue weighted by molar-refractivity contribution is -0.0350. The Morgan fingerprint density at radius 3 is 3.04 bits per heavy atom. The minimum atomic E-state index is -0.0161. The maximum Gasteiger partial charge on any atom is 0.112 e. The van der Waals surface area contributed by atoms with Crippen LogP contribution >= 0.6 is 0 Å². The zero-order valence-corrected chi connectivity index (χ0v) is 14.5. The second-order valence-electron chi connectivity index (χ2n) is 6.44. The molecule has 3 aromatic heterocycles. The van der Waals surface area contributed by atoms with Crippen LogP contribution in [0.5, 0.6) is 0 Å². The van der Waals surface area contributed by atoms with Crippen LogP contribution in [0.15, 0.2) is 36.8 Å². The minimum absolute atomic E-state index is 0.0161. The Balaban J connectivity index is 1.49. The Kier molecular flexibility index (Phi) is 4.33. The Morgan fingerprint density at radius 1 is 1.36 bits per heavy atom. The van der Waals surface area contributed by atoms with E-state index in [0.717, 1.165) is 42.3 Å². The molecular formula is C18H22N6O. The van der Waals surface area contributed by atoms with Gasteiger partial charge in [0.2, 0.25) is 0 Å². The number of aromatic amines is 1. The van der Waals surface area contributed by atoms with E-state index in [2.05, 4.69) is 33.3 Å². The van der Waals surface area contributed by atoms with E-state index in [1.807, 2.05) is 36.1 Å². The van der Waals surface area contributed by atoms with Crippen molar-refractivity contribution in [1.82, 2.24) is 29.9 Å². The lowest BCUT2D eigenvalue weighted by atomic mass is 10.1. The molecular weight excluding hydrogens is 316 g/mol. The number of hydrogen-bond acceptors (Lipinski definition) is 5. The summed E-state index contributed by atoms with van der Waals surface area (Å²) in [4.78, 5) is 7.18. The van der Waals surface area contributed by atoms with Crippen LogP contribution in [-0.2, 0) is 18.3 Å². The molecule has 1 atom stereocenters. The number of nitrogens with zero attached hydrogens (tertiary/aromatic N) is 5. The van der Waals surface area contributed by atoms with Crippen molar-refractivity contribution in [1.29, 1.82) is 0 Å². The number of aryl methyl sites for hydroxylation is 2. The van der Waals surface area contributed by atoms with Crippen LogP contribution in [-0.4, -0.2) is 49.6 Å². The van der Waals surface area contributed by atoms with Crippen LogP contribution < -0.4 is 0 Å². The van der Waals surface area contributed by atoms with Gasteiger partial charge in [-0.3, -0.25) is 14.7 Å². The van der Waals surface area contributed by atoms with E-state index in [1.165, 1.54) is 5.56 Å². The second-order valence-corrected chi connectivity index (χ2v) is 6.44. The van der Waals surface area contributed by atoms with E-state index in [9.17, 15) is 0 Å². The lowest BCUT2D eigenvalue weighted by Gasteiger charge is -2.32. The van der Waals surface area contributed by atoms with Crippen molar-refractivity contribution in [2.24, 2.45) is 7.05 Å². The van der Waals surface area contributed by atoms with Gasteiger partial charge < -0.3 is 4.74 Å². The smallest absolute Gasteiger partial charge is 0.112 e. The van der Waals surface area contributed by atoms with Gasteiger partial charge in [0, 0.05) is 50.2 Å². The zero-order valence-electron chi connectivity index (χ0n) is 14.5. The maximum atomic E-state index is 5.99. The van der Waals surface area contributed by atoms with Crippen LogP contribution in [0.4, 0.5) is 0 Å². The molecule has 1 aliphatic heterocycles. The van der Waals surface area contributed by atoms with Gasteiger partial charge >= 0.3 is 0 Å². The first kappa shape index (κ1) is 16.0. The number of H-pyrrole nitrogens is 1. The first-order valence-corrected chi connectivity index (χ1v) is 8.48. The molecule has 0 aromatic carbocycles. The Labute approximate surface area is 146 Å². The third-order valence-electron chi connectivity index (χ3n) is 4.55. The first-order chi connectivity index (χ1) is 12.2. The average Bonchev–Trinajstić information content (AvgIpc) is 3.26. The second kappa shape index (κ2) is 6.78. The van der Waals surface area contributed by atoms with Crippen LogP contribution in [0.3, 0.4) is 0 Å². The molecule has 1 N–H and O–H groups in total. The van der Waals surface area contributed by atoms with Gasteiger partial charge in [-0.1, -0.05) is 6.07 Å². The summed E-state index contributed by atoms with van der Waals surface area (Å²) >= 11 is 0. The van der Waals surface area contributed by atoms with Gasteiger partial charge in [0.05, 0.1) is 29.9 Å². The van der Waals surface area contributed by atoms with E-state index in [0.29, 0.717) is 6.61 Å². The predicted molar refractivity (Wildman–Crippen MR) is 93.7 cm³/mol. The van der Waals surface area contributed by atoms with E-state index in [4.69, 9.17) is 9.72 Å². The molecule has 0 unspecified atom stereocenters. The average molecular weight is 338 g/mol. The summed E-state index contributed by atoms with van der Waals surface area (Å²) in [6, 6.07) is 6.05. The Bertz CT molecular complexity index is 841. The molecule has 0 amide bonds. The highest BCUT2D eigenvalue weighted by Crippen LogP contribution is 2.24. The third-order valence-corrected chi connectivity index (χ3v) is 4.55. The molecule has 0 saturated carbocycles. The quantitative estimate of drug-likeness (QED) is 0.789. The van der Waals surface area contributed by atoms with Gasteiger partial charge in [-0.05, 0) is 19.1 Å². The summed E-state index contributed by atoms with van der Waals surface area (Å²) in [5.74, 6) is 0. The molecule has 4 heterocycles. The van der Waals surface area contributed by atoms with Gasteiger partial charge in [0.1, 0.15) is 6.10 Å². The molecule has 0 radical (unpaired) electrons. The number of morpholine rings is 1. The molecule has 1 aliphatic rings. The number of aromatic nitrogens is 5. The highest BCUT2D eigenvalue weighted by Gasteiger charge is 2.24. The molecule has 7 nitrogen and oxygen atoms in total. The predicted octanol–water partition coefficient (Wildman–Crippen LogP) is 2.09.